The molecular formula is C12H13N3O4S2. The Bertz CT molecular complexity index is 716. The molecule has 0 spiro atoms. The molecule has 2 aromatic rings. The topological polar surface area (TPSA) is 90.3 Å². The van der Waals surface area contributed by atoms with E-state index in [2.05, 4.69) is 10.3 Å². The van der Waals surface area contributed by atoms with Crippen LogP contribution >= 0.6 is 22.7 Å². The molecule has 0 aliphatic carbocycles. The van der Waals surface area contributed by atoms with Crippen LogP contribution in [0.25, 0.3) is 0 Å². The molecule has 21 heavy (non-hydrogen) atoms. The minimum Gasteiger partial charge on any atom is -0.461 e. The second-order valence-corrected chi connectivity index (χ2v) is 5.71. The van der Waals surface area contributed by atoms with Crippen LogP contribution in [0.2, 0.25) is 0 Å². The monoisotopic (exact) mass is 327 g/mol. The summed E-state index contributed by atoms with van der Waals surface area (Å²) >= 11 is 2.17. The zero-order valence-electron chi connectivity index (χ0n) is 11.4. The summed E-state index contributed by atoms with van der Waals surface area (Å²) in [5, 5.41) is 6.05. The third kappa shape index (κ3) is 3.76. The van der Waals surface area contributed by atoms with Crippen LogP contribution in [0.4, 0.5) is 5.13 Å². The first kappa shape index (κ1) is 15.4. The Hall–Kier alpha value is -2.00. The molecule has 9 heteroatoms. The summed E-state index contributed by atoms with van der Waals surface area (Å²) in [7, 11) is 0. The summed E-state index contributed by atoms with van der Waals surface area (Å²) in [6.45, 7) is 3.64. The van der Waals surface area contributed by atoms with Crippen molar-refractivity contribution >= 4 is 39.7 Å². The van der Waals surface area contributed by atoms with E-state index in [1.807, 2.05) is 0 Å². The largest absolute Gasteiger partial charge is 0.461 e. The van der Waals surface area contributed by atoms with E-state index in [0.29, 0.717) is 5.13 Å². The Morgan fingerprint density at radius 1 is 1.38 bits per heavy atom. The van der Waals surface area contributed by atoms with Crippen LogP contribution < -0.4 is 10.2 Å². The van der Waals surface area contributed by atoms with Crippen LogP contribution in [0.5, 0.6) is 0 Å². The van der Waals surface area contributed by atoms with Crippen molar-refractivity contribution in [2.45, 2.75) is 20.4 Å². The number of hydrogen-bond acceptors (Lipinski definition) is 7. The van der Waals surface area contributed by atoms with Crippen LogP contribution in [0, 0.1) is 6.92 Å². The molecule has 0 unspecified atom stereocenters. The van der Waals surface area contributed by atoms with Gasteiger partial charge in [-0.25, -0.2) is 9.78 Å². The smallest absolute Gasteiger partial charge is 0.357 e. The predicted octanol–water partition coefficient (Wildman–Crippen LogP) is 1.49. The van der Waals surface area contributed by atoms with Crippen LogP contribution in [-0.4, -0.2) is 28.0 Å². The Morgan fingerprint density at radius 2 is 2.14 bits per heavy atom. The van der Waals surface area contributed by atoms with Crippen molar-refractivity contribution in [2.75, 3.05) is 11.9 Å². The van der Waals surface area contributed by atoms with Crippen LogP contribution in [-0.2, 0) is 16.1 Å². The van der Waals surface area contributed by atoms with Crippen molar-refractivity contribution in [2.24, 2.45) is 0 Å². The molecular weight excluding hydrogens is 314 g/mol. The molecule has 0 aliphatic rings. The van der Waals surface area contributed by atoms with E-state index in [1.54, 1.807) is 19.2 Å². The number of nitrogens with one attached hydrogen (secondary N) is 1. The number of carbonyl (C=O) groups excluding carboxylic acids is 2. The van der Waals surface area contributed by atoms with Crippen LogP contribution in [0.3, 0.4) is 0 Å². The molecule has 112 valence electrons. The van der Waals surface area contributed by atoms with Crippen molar-refractivity contribution < 1.29 is 14.3 Å². The van der Waals surface area contributed by atoms with E-state index in [1.165, 1.54) is 9.95 Å². The second-order valence-electron chi connectivity index (χ2n) is 4.04. The summed E-state index contributed by atoms with van der Waals surface area (Å²) in [6.07, 6.45) is 0. The van der Waals surface area contributed by atoms with Gasteiger partial charge in [-0.3, -0.25) is 14.2 Å². The maximum atomic E-state index is 11.9. The normalized spacial score (nSPS) is 10.4. The molecule has 1 amide bonds. The van der Waals surface area contributed by atoms with Gasteiger partial charge in [0.25, 0.3) is 0 Å². The third-order valence-electron chi connectivity index (χ3n) is 2.51. The van der Waals surface area contributed by atoms with Gasteiger partial charge < -0.3 is 10.1 Å². The highest BCUT2D eigenvalue weighted by molar-refractivity contribution is 7.14. The number of carbonyl (C=O) groups is 2. The summed E-state index contributed by atoms with van der Waals surface area (Å²) in [5.41, 5.74) is 0.882. The maximum absolute atomic E-state index is 11.9. The summed E-state index contributed by atoms with van der Waals surface area (Å²) in [5.74, 6) is -0.900. The Balaban J connectivity index is 2.00. The van der Waals surface area contributed by atoms with Crippen molar-refractivity contribution in [1.29, 1.82) is 0 Å². The number of ether oxygens (including phenoxy) is 1. The minimum absolute atomic E-state index is 0.0809. The molecule has 2 heterocycles. The quantitative estimate of drug-likeness (QED) is 0.840. The van der Waals surface area contributed by atoms with Crippen molar-refractivity contribution in [3.05, 3.63) is 31.8 Å². The molecule has 1 N–H and O–H groups in total. The summed E-state index contributed by atoms with van der Waals surface area (Å²) in [6, 6.07) is 0. The lowest BCUT2D eigenvalue weighted by Crippen LogP contribution is -2.25. The number of anilines is 1. The van der Waals surface area contributed by atoms with Gasteiger partial charge in [0, 0.05) is 16.5 Å². The fraction of sp³-hybridized carbons (Fsp3) is 0.333. The first-order chi connectivity index (χ1) is 10.0. The highest BCUT2D eigenvalue weighted by atomic mass is 32.1. The molecule has 0 radical (unpaired) electrons. The van der Waals surface area contributed by atoms with E-state index < -0.39 is 5.97 Å². The highest BCUT2D eigenvalue weighted by Gasteiger charge is 2.14. The third-order valence-corrected chi connectivity index (χ3v) is 4.15. The van der Waals surface area contributed by atoms with Gasteiger partial charge in [-0.05, 0) is 13.8 Å². The number of aryl methyl sites for hydroxylation is 1. The lowest BCUT2D eigenvalue weighted by molar-refractivity contribution is -0.116. The van der Waals surface area contributed by atoms with Gasteiger partial charge in [0.2, 0.25) is 5.91 Å². The van der Waals surface area contributed by atoms with Gasteiger partial charge in [0.05, 0.1) is 6.61 Å². The van der Waals surface area contributed by atoms with Crippen LogP contribution in [0.1, 0.15) is 23.1 Å². The lowest BCUT2D eigenvalue weighted by Gasteiger charge is -2.04. The molecule has 0 saturated heterocycles. The van der Waals surface area contributed by atoms with E-state index in [-0.39, 0.29) is 29.6 Å². The predicted molar refractivity (Wildman–Crippen MR) is 80.0 cm³/mol. The SMILES string of the molecule is CCOC(=O)c1csc(NC(=O)Cn2c(C)csc2=O)n1. The molecule has 7 nitrogen and oxygen atoms in total. The fourth-order valence-corrected chi connectivity index (χ4v) is 2.96. The van der Waals surface area contributed by atoms with Crippen molar-refractivity contribution in [1.82, 2.24) is 9.55 Å². The fourth-order valence-electron chi connectivity index (χ4n) is 1.53. The molecule has 0 aromatic carbocycles. The number of thiazole rings is 2. The van der Waals surface area contributed by atoms with Gasteiger partial charge in [-0.1, -0.05) is 11.3 Å². The first-order valence-electron chi connectivity index (χ1n) is 6.08. The van der Waals surface area contributed by atoms with E-state index in [0.717, 1.165) is 28.4 Å². The first-order valence-corrected chi connectivity index (χ1v) is 7.84. The number of nitrogens with zero attached hydrogens (tertiary/aromatic N) is 2. The Morgan fingerprint density at radius 3 is 2.76 bits per heavy atom. The number of aromatic nitrogens is 2. The van der Waals surface area contributed by atoms with E-state index in [9.17, 15) is 14.4 Å². The highest BCUT2D eigenvalue weighted by Crippen LogP contribution is 2.16. The van der Waals surface area contributed by atoms with Crippen molar-refractivity contribution in [3.63, 3.8) is 0 Å². The number of esters is 1. The number of rotatable bonds is 5. The Kier molecular flexibility index (Phi) is 4.86. The van der Waals surface area contributed by atoms with Gasteiger partial charge >= 0.3 is 10.8 Å². The minimum atomic E-state index is -0.529. The van der Waals surface area contributed by atoms with Gasteiger partial charge in [-0.15, -0.1) is 11.3 Å². The average Bonchev–Trinajstić information content (AvgIpc) is 3.01. The zero-order valence-corrected chi connectivity index (χ0v) is 13.0. The number of hydrogen-bond donors (Lipinski definition) is 1. The van der Waals surface area contributed by atoms with E-state index >= 15 is 0 Å². The van der Waals surface area contributed by atoms with Gasteiger partial charge in [0.15, 0.2) is 10.8 Å². The molecule has 0 bridgehead atoms. The second kappa shape index (κ2) is 6.64. The van der Waals surface area contributed by atoms with E-state index in [4.69, 9.17) is 4.74 Å². The molecule has 2 rings (SSSR count). The summed E-state index contributed by atoms with van der Waals surface area (Å²) < 4.78 is 6.19. The summed E-state index contributed by atoms with van der Waals surface area (Å²) in [4.78, 5) is 38.6. The van der Waals surface area contributed by atoms with Gasteiger partial charge in [0.1, 0.15) is 6.54 Å². The Labute approximate surface area is 128 Å². The maximum Gasteiger partial charge on any atom is 0.357 e. The molecule has 0 fully saturated rings. The van der Waals surface area contributed by atoms with Crippen molar-refractivity contribution in [3.8, 4) is 0 Å². The number of amides is 1. The molecule has 0 saturated carbocycles. The standard InChI is InChI=1S/C12H13N3O4S2/c1-3-19-10(17)8-6-20-11(13-8)14-9(16)4-15-7(2)5-21-12(15)18/h5-6H,3-4H2,1-2H3,(H,13,14,16). The average molecular weight is 327 g/mol. The molecule has 0 atom stereocenters. The van der Waals surface area contributed by atoms with Crippen LogP contribution in [0.15, 0.2) is 15.6 Å². The molecule has 2 aromatic heterocycles. The van der Waals surface area contributed by atoms with Gasteiger partial charge in [-0.2, -0.15) is 0 Å². The molecule has 0 aliphatic heterocycles. The zero-order chi connectivity index (χ0) is 15.4. The lowest BCUT2D eigenvalue weighted by atomic mass is 10.5.